The third kappa shape index (κ3) is 5.68. The number of nitrogens with zero attached hydrogens (tertiary/aromatic N) is 3. The lowest BCUT2D eigenvalue weighted by molar-refractivity contribution is -0.113. The Bertz CT molecular complexity index is 1170. The fourth-order valence-electron chi connectivity index (χ4n) is 3.26. The van der Waals surface area contributed by atoms with Gasteiger partial charge in [0.2, 0.25) is 0 Å². The van der Waals surface area contributed by atoms with Crippen molar-refractivity contribution < 1.29 is 60.6 Å². The van der Waals surface area contributed by atoms with Crippen LogP contribution in [-0.2, 0) is 31.6 Å². The maximum atomic E-state index is 15.1. The number of alkyl halides is 1. The van der Waals surface area contributed by atoms with Gasteiger partial charge in [-0.05, 0) is 18.6 Å². The number of aliphatic hydroxyl groups excluding tert-OH is 1. The standard InChI is InChI=1S/C13H20FN4O12P3/c1-2-13(5-27-32(23,24)30-33(25,26)29-31(20,21)22)11(19)9(14)10(28-13)7-3-4-8-12(15)16-6-17-18(7)8/h3-4,6,9-11,19H,2,5H2,1H3,(H,23,24)(H,25,26)(H2,15,16,17)(H2,20,21,22)/t9-,10-,11-,13+/m0/s1. The van der Waals surface area contributed by atoms with Gasteiger partial charge in [-0.1, -0.05) is 6.92 Å². The molecular formula is C13H20FN4O12P3. The van der Waals surface area contributed by atoms with Crippen LogP contribution in [0.15, 0.2) is 18.5 Å². The first kappa shape index (κ1) is 26.3. The Morgan fingerprint density at radius 2 is 1.88 bits per heavy atom. The van der Waals surface area contributed by atoms with Gasteiger partial charge in [-0.15, -0.1) is 0 Å². The summed E-state index contributed by atoms with van der Waals surface area (Å²) < 4.78 is 68.0. The summed E-state index contributed by atoms with van der Waals surface area (Å²) in [6.07, 6.45) is -4.44. The van der Waals surface area contributed by atoms with E-state index < -0.39 is 54.1 Å². The molecule has 0 aliphatic carbocycles. The van der Waals surface area contributed by atoms with Crippen molar-refractivity contribution in [1.29, 1.82) is 0 Å². The number of anilines is 1. The number of phosphoric ester groups is 1. The van der Waals surface area contributed by atoms with Gasteiger partial charge in [-0.3, -0.25) is 4.52 Å². The average Bonchev–Trinajstić information content (AvgIpc) is 3.19. The van der Waals surface area contributed by atoms with Crippen LogP contribution in [0.25, 0.3) is 5.52 Å². The molecule has 6 atom stereocenters. The molecule has 3 heterocycles. The highest BCUT2D eigenvalue weighted by atomic mass is 31.3. The zero-order valence-electron chi connectivity index (χ0n) is 16.6. The zero-order valence-corrected chi connectivity index (χ0v) is 19.3. The second kappa shape index (κ2) is 9.04. The molecule has 186 valence electrons. The van der Waals surface area contributed by atoms with Crippen LogP contribution in [0.2, 0.25) is 0 Å². The third-order valence-corrected chi connectivity index (χ3v) is 8.56. The molecule has 0 spiro atoms. The minimum atomic E-state index is -5.75. The van der Waals surface area contributed by atoms with Crippen LogP contribution in [0.5, 0.6) is 0 Å². The Labute approximate surface area is 184 Å². The van der Waals surface area contributed by atoms with E-state index in [1.54, 1.807) is 0 Å². The summed E-state index contributed by atoms with van der Waals surface area (Å²) in [6.45, 7) is 0.417. The summed E-state index contributed by atoms with van der Waals surface area (Å²) in [5.41, 5.74) is 4.28. The van der Waals surface area contributed by atoms with Gasteiger partial charge >= 0.3 is 23.5 Å². The Kier molecular flexibility index (Phi) is 7.20. The molecule has 3 rings (SSSR count). The molecule has 1 aliphatic rings. The van der Waals surface area contributed by atoms with Crippen molar-refractivity contribution >= 4 is 34.8 Å². The number of aliphatic hydroxyl groups is 1. The van der Waals surface area contributed by atoms with E-state index in [1.807, 2.05) is 0 Å². The number of phosphoric acid groups is 3. The van der Waals surface area contributed by atoms with E-state index in [0.717, 1.165) is 6.33 Å². The Balaban J connectivity index is 1.80. The maximum Gasteiger partial charge on any atom is 0.490 e. The number of hydrogen-bond acceptors (Lipinski definition) is 11. The topological polar surface area (TPSA) is 245 Å². The quantitative estimate of drug-likeness (QED) is 0.240. The fraction of sp³-hybridized carbons (Fsp3) is 0.538. The molecular weight excluding hydrogens is 516 g/mol. The second-order valence-electron chi connectivity index (χ2n) is 6.91. The van der Waals surface area contributed by atoms with Gasteiger partial charge in [0.05, 0.1) is 12.3 Å². The minimum absolute atomic E-state index is 0.0969. The van der Waals surface area contributed by atoms with E-state index in [0.29, 0.717) is 5.52 Å². The number of nitrogen functional groups attached to an aromatic ring is 1. The van der Waals surface area contributed by atoms with Crippen molar-refractivity contribution in [2.24, 2.45) is 0 Å². The number of nitrogens with two attached hydrogens (primary N) is 1. The van der Waals surface area contributed by atoms with Crippen molar-refractivity contribution in [2.45, 2.75) is 37.3 Å². The highest BCUT2D eigenvalue weighted by molar-refractivity contribution is 7.66. The first-order valence-electron chi connectivity index (χ1n) is 8.96. The molecule has 0 bridgehead atoms. The third-order valence-electron chi connectivity index (χ3n) is 4.78. The average molecular weight is 536 g/mol. The number of fused-ring (bicyclic) bond motifs is 1. The lowest BCUT2D eigenvalue weighted by Crippen LogP contribution is -2.45. The van der Waals surface area contributed by atoms with Gasteiger partial charge in [0.1, 0.15) is 29.7 Å². The molecule has 2 unspecified atom stereocenters. The van der Waals surface area contributed by atoms with Crippen LogP contribution in [0, 0.1) is 0 Å². The number of halogens is 1. The maximum absolute atomic E-state index is 15.1. The van der Waals surface area contributed by atoms with E-state index >= 15 is 4.39 Å². The summed E-state index contributed by atoms with van der Waals surface area (Å²) >= 11 is 0. The molecule has 0 amide bonds. The summed E-state index contributed by atoms with van der Waals surface area (Å²) in [7, 11) is -16.8. The SMILES string of the molecule is CC[C@]1(COP(=O)(O)OP(=O)(O)OP(=O)(O)O)O[C@@H](c2ccc3c(N)ncnn23)[C@H](F)[C@@H]1O. The molecule has 0 saturated carbocycles. The first-order chi connectivity index (χ1) is 15.1. The van der Waals surface area contributed by atoms with Gasteiger partial charge in [0.25, 0.3) is 0 Å². The predicted octanol–water partition coefficient (Wildman–Crippen LogP) is 0.574. The van der Waals surface area contributed by atoms with Crippen LogP contribution in [0.4, 0.5) is 10.2 Å². The minimum Gasteiger partial charge on any atom is -0.387 e. The molecule has 16 nitrogen and oxygen atoms in total. The number of aromatic nitrogens is 3. The van der Waals surface area contributed by atoms with Crippen molar-refractivity contribution in [3.8, 4) is 0 Å². The van der Waals surface area contributed by atoms with Crippen molar-refractivity contribution in [2.75, 3.05) is 12.3 Å². The smallest absolute Gasteiger partial charge is 0.387 e. The molecule has 1 fully saturated rings. The Hall–Kier alpha value is -1.32. The molecule has 0 aromatic carbocycles. The van der Waals surface area contributed by atoms with Crippen LogP contribution >= 0.6 is 23.5 Å². The first-order valence-corrected chi connectivity index (χ1v) is 13.5. The molecule has 2 aromatic rings. The molecule has 7 N–H and O–H groups in total. The number of ether oxygens (including phenoxy) is 1. The number of rotatable bonds is 9. The van der Waals surface area contributed by atoms with Crippen LogP contribution in [-0.4, -0.2) is 63.8 Å². The largest absolute Gasteiger partial charge is 0.490 e. The lowest BCUT2D eigenvalue weighted by Gasteiger charge is -2.31. The summed E-state index contributed by atoms with van der Waals surface area (Å²) in [5, 5.41) is 14.5. The van der Waals surface area contributed by atoms with E-state index in [4.69, 9.17) is 20.3 Å². The molecule has 0 radical (unpaired) electrons. The zero-order chi connectivity index (χ0) is 24.8. The summed E-state index contributed by atoms with van der Waals surface area (Å²) in [6, 6.07) is 2.92. The van der Waals surface area contributed by atoms with E-state index in [-0.39, 0.29) is 17.9 Å². The van der Waals surface area contributed by atoms with Gasteiger partial charge in [0, 0.05) is 0 Å². The van der Waals surface area contributed by atoms with Crippen molar-refractivity contribution in [1.82, 2.24) is 14.6 Å². The number of hydrogen-bond donors (Lipinski definition) is 6. The Morgan fingerprint density at radius 3 is 2.48 bits per heavy atom. The van der Waals surface area contributed by atoms with E-state index in [2.05, 4.69) is 23.2 Å². The second-order valence-corrected chi connectivity index (χ2v) is 11.3. The molecule has 2 aromatic heterocycles. The van der Waals surface area contributed by atoms with Crippen molar-refractivity contribution in [3.05, 3.63) is 24.2 Å². The van der Waals surface area contributed by atoms with Gasteiger partial charge < -0.3 is 35.2 Å². The normalized spacial score (nSPS) is 29.7. The summed E-state index contributed by atoms with van der Waals surface area (Å²) in [4.78, 5) is 39.8. The van der Waals surface area contributed by atoms with Gasteiger partial charge in [-0.25, -0.2) is 27.6 Å². The van der Waals surface area contributed by atoms with Crippen LogP contribution in [0.1, 0.15) is 25.1 Å². The Morgan fingerprint density at radius 1 is 1.21 bits per heavy atom. The highest BCUT2D eigenvalue weighted by Crippen LogP contribution is 2.66. The monoisotopic (exact) mass is 536 g/mol. The van der Waals surface area contributed by atoms with Crippen LogP contribution < -0.4 is 5.73 Å². The molecule has 33 heavy (non-hydrogen) atoms. The molecule has 20 heteroatoms. The van der Waals surface area contributed by atoms with Gasteiger partial charge in [0.15, 0.2) is 12.0 Å². The van der Waals surface area contributed by atoms with Gasteiger partial charge in [-0.2, -0.15) is 13.7 Å². The van der Waals surface area contributed by atoms with Crippen molar-refractivity contribution in [3.63, 3.8) is 0 Å². The van der Waals surface area contributed by atoms with E-state index in [9.17, 15) is 28.6 Å². The van der Waals surface area contributed by atoms with E-state index in [1.165, 1.54) is 23.6 Å². The molecule has 1 saturated heterocycles. The highest BCUT2D eigenvalue weighted by Gasteiger charge is 2.56. The lowest BCUT2D eigenvalue weighted by atomic mass is 9.93. The molecule has 1 aliphatic heterocycles. The predicted molar refractivity (Wildman–Crippen MR) is 105 cm³/mol. The summed E-state index contributed by atoms with van der Waals surface area (Å²) in [5.74, 6) is 0.0969. The van der Waals surface area contributed by atoms with Crippen LogP contribution in [0.3, 0.4) is 0 Å². The fourth-order valence-corrected chi connectivity index (χ4v) is 6.34.